The third-order valence-corrected chi connectivity index (χ3v) is 4.45. The molecule has 1 heterocycles. The lowest BCUT2D eigenvalue weighted by molar-refractivity contribution is 0.226. The van der Waals surface area contributed by atoms with Crippen LogP contribution >= 0.6 is 11.6 Å². The Hall–Kier alpha value is -1.35. The first-order valence-corrected chi connectivity index (χ1v) is 7.85. The molecule has 0 saturated heterocycles. The van der Waals surface area contributed by atoms with E-state index in [1.54, 1.807) is 0 Å². The third-order valence-electron chi connectivity index (χ3n) is 4.20. The van der Waals surface area contributed by atoms with Crippen molar-refractivity contribution in [2.24, 2.45) is 0 Å². The van der Waals surface area contributed by atoms with Gasteiger partial charge in [-0.15, -0.1) is 0 Å². The summed E-state index contributed by atoms with van der Waals surface area (Å²) in [6, 6.07) is 17.4. The van der Waals surface area contributed by atoms with Gasteiger partial charge >= 0.3 is 0 Å². The molecule has 2 aromatic carbocycles. The predicted octanol–water partition coefficient (Wildman–Crippen LogP) is 4.01. The van der Waals surface area contributed by atoms with Crippen molar-refractivity contribution in [1.29, 1.82) is 0 Å². The number of benzene rings is 2. The molecule has 0 spiro atoms. The van der Waals surface area contributed by atoms with Crippen LogP contribution in [0.3, 0.4) is 0 Å². The summed E-state index contributed by atoms with van der Waals surface area (Å²) in [7, 11) is 2.21. The molecule has 1 unspecified atom stereocenters. The van der Waals surface area contributed by atoms with Crippen molar-refractivity contribution in [3.05, 3.63) is 70.2 Å². The molecule has 1 N–H and O–H groups in total. The van der Waals surface area contributed by atoms with Gasteiger partial charge in [-0.3, -0.25) is 4.90 Å². The summed E-state index contributed by atoms with van der Waals surface area (Å²) in [4.78, 5) is 2.44. The lowest BCUT2D eigenvalue weighted by atomic mass is 9.98. The smallest absolute Gasteiger partial charge is 0.0406 e. The van der Waals surface area contributed by atoms with Gasteiger partial charge in [0.1, 0.15) is 0 Å². The van der Waals surface area contributed by atoms with E-state index in [0.29, 0.717) is 6.04 Å². The lowest BCUT2D eigenvalue weighted by Crippen LogP contribution is -2.25. The first-order valence-electron chi connectivity index (χ1n) is 7.47. The van der Waals surface area contributed by atoms with E-state index in [4.69, 9.17) is 11.6 Å². The maximum atomic E-state index is 5.96. The van der Waals surface area contributed by atoms with E-state index in [0.717, 1.165) is 31.1 Å². The van der Waals surface area contributed by atoms with E-state index >= 15 is 0 Å². The van der Waals surface area contributed by atoms with E-state index in [1.165, 1.54) is 16.7 Å². The Labute approximate surface area is 131 Å². The van der Waals surface area contributed by atoms with Crippen LogP contribution in [0.5, 0.6) is 0 Å². The van der Waals surface area contributed by atoms with Crippen molar-refractivity contribution < 1.29 is 0 Å². The van der Waals surface area contributed by atoms with E-state index in [2.05, 4.69) is 53.7 Å². The van der Waals surface area contributed by atoms with Gasteiger partial charge in [0, 0.05) is 24.2 Å². The fourth-order valence-electron chi connectivity index (χ4n) is 3.08. The second kappa shape index (κ2) is 6.61. The Kier molecular flexibility index (Phi) is 4.59. The van der Waals surface area contributed by atoms with Crippen molar-refractivity contribution in [2.75, 3.05) is 13.6 Å². The lowest BCUT2D eigenvalue weighted by Gasteiger charge is -2.28. The molecule has 3 heteroatoms. The molecule has 21 heavy (non-hydrogen) atoms. The normalized spacial score (nSPS) is 18.3. The number of hydrogen-bond acceptors (Lipinski definition) is 2. The zero-order chi connectivity index (χ0) is 14.7. The summed E-state index contributed by atoms with van der Waals surface area (Å²) in [5.41, 5.74) is 4.18. The Morgan fingerprint density at radius 1 is 1.14 bits per heavy atom. The maximum Gasteiger partial charge on any atom is 0.0406 e. The first kappa shape index (κ1) is 14.6. The van der Waals surface area contributed by atoms with Crippen molar-refractivity contribution in [1.82, 2.24) is 10.2 Å². The van der Waals surface area contributed by atoms with Gasteiger partial charge < -0.3 is 5.32 Å². The number of rotatable bonds is 3. The van der Waals surface area contributed by atoms with Crippen LogP contribution in [0.4, 0.5) is 0 Å². The SMILES string of the molecule is CN(Cc1ccc(Cl)cc1)C1CCNCc2ccccc21. The minimum absolute atomic E-state index is 0.465. The summed E-state index contributed by atoms with van der Waals surface area (Å²) in [6.07, 6.45) is 1.14. The Balaban J connectivity index is 1.80. The minimum atomic E-state index is 0.465. The van der Waals surface area contributed by atoms with Gasteiger partial charge in [0.15, 0.2) is 0 Å². The number of nitrogens with zero attached hydrogens (tertiary/aromatic N) is 1. The molecular formula is C18H21ClN2. The summed E-state index contributed by atoms with van der Waals surface area (Å²) in [5.74, 6) is 0. The largest absolute Gasteiger partial charge is 0.313 e. The van der Waals surface area contributed by atoms with Crippen LogP contribution in [0, 0.1) is 0 Å². The van der Waals surface area contributed by atoms with Crippen LogP contribution in [0.1, 0.15) is 29.2 Å². The van der Waals surface area contributed by atoms with Crippen molar-refractivity contribution in [3.8, 4) is 0 Å². The van der Waals surface area contributed by atoms with Gasteiger partial charge in [0.2, 0.25) is 0 Å². The van der Waals surface area contributed by atoms with E-state index in [1.807, 2.05) is 12.1 Å². The standard InChI is InChI=1S/C18H21ClN2/c1-21(13-14-6-8-16(19)9-7-14)18-10-11-20-12-15-4-2-3-5-17(15)18/h2-9,18,20H,10-13H2,1H3. The number of fused-ring (bicyclic) bond motifs is 1. The van der Waals surface area contributed by atoms with Gasteiger partial charge in [-0.2, -0.15) is 0 Å². The second-order valence-electron chi connectivity index (χ2n) is 5.72. The molecule has 0 bridgehead atoms. The van der Waals surface area contributed by atoms with Crippen molar-refractivity contribution in [2.45, 2.75) is 25.6 Å². The van der Waals surface area contributed by atoms with Crippen LogP contribution in [0.15, 0.2) is 48.5 Å². The molecule has 2 aromatic rings. The highest BCUT2D eigenvalue weighted by atomic mass is 35.5. The fourth-order valence-corrected chi connectivity index (χ4v) is 3.21. The highest BCUT2D eigenvalue weighted by molar-refractivity contribution is 6.30. The molecule has 2 nitrogen and oxygen atoms in total. The highest BCUT2D eigenvalue weighted by Crippen LogP contribution is 2.29. The van der Waals surface area contributed by atoms with Crippen LogP contribution < -0.4 is 5.32 Å². The van der Waals surface area contributed by atoms with Crippen LogP contribution in [0.25, 0.3) is 0 Å². The van der Waals surface area contributed by atoms with Gasteiger partial charge in [0.25, 0.3) is 0 Å². The summed E-state index contributed by atoms with van der Waals surface area (Å²) in [6.45, 7) is 2.97. The highest BCUT2D eigenvalue weighted by Gasteiger charge is 2.21. The average molecular weight is 301 g/mol. The molecule has 1 atom stereocenters. The van der Waals surface area contributed by atoms with Crippen molar-refractivity contribution >= 4 is 11.6 Å². The van der Waals surface area contributed by atoms with Crippen molar-refractivity contribution in [3.63, 3.8) is 0 Å². The molecule has 0 amide bonds. The van der Waals surface area contributed by atoms with E-state index < -0.39 is 0 Å². The molecule has 110 valence electrons. The predicted molar refractivity (Wildman–Crippen MR) is 88.4 cm³/mol. The zero-order valence-electron chi connectivity index (χ0n) is 12.3. The Morgan fingerprint density at radius 2 is 1.90 bits per heavy atom. The van der Waals surface area contributed by atoms with Gasteiger partial charge in [-0.05, 0) is 48.8 Å². The first-order chi connectivity index (χ1) is 10.2. The third kappa shape index (κ3) is 3.46. The summed E-state index contributed by atoms with van der Waals surface area (Å²) < 4.78 is 0. The minimum Gasteiger partial charge on any atom is -0.313 e. The molecular weight excluding hydrogens is 280 g/mol. The Morgan fingerprint density at radius 3 is 2.71 bits per heavy atom. The second-order valence-corrected chi connectivity index (χ2v) is 6.16. The van der Waals surface area contributed by atoms with Crippen LogP contribution in [0.2, 0.25) is 5.02 Å². The zero-order valence-corrected chi connectivity index (χ0v) is 13.1. The van der Waals surface area contributed by atoms with Gasteiger partial charge in [-0.1, -0.05) is 48.0 Å². The monoisotopic (exact) mass is 300 g/mol. The molecule has 0 saturated carbocycles. The molecule has 0 aliphatic carbocycles. The number of hydrogen-bond donors (Lipinski definition) is 1. The molecule has 3 rings (SSSR count). The fraction of sp³-hybridized carbons (Fsp3) is 0.333. The van der Waals surface area contributed by atoms with E-state index in [-0.39, 0.29) is 0 Å². The molecule has 0 radical (unpaired) electrons. The van der Waals surface area contributed by atoms with Gasteiger partial charge in [0.05, 0.1) is 0 Å². The molecule has 0 fully saturated rings. The summed E-state index contributed by atoms with van der Waals surface area (Å²) >= 11 is 5.96. The maximum absolute atomic E-state index is 5.96. The van der Waals surface area contributed by atoms with E-state index in [9.17, 15) is 0 Å². The molecule has 1 aliphatic heterocycles. The van der Waals surface area contributed by atoms with Crippen LogP contribution in [-0.4, -0.2) is 18.5 Å². The molecule has 0 aromatic heterocycles. The molecule has 1 aliphatic rings. The van der Waals surface area contributed by atoms with Gasteiger partial charge in [-0.25, -0.2) is 0 Å². The quantitative estimate of drug-likeness (QED) is 0.921. The Bertz CT molecular complexity index is 594. The summed E-state index contributed by atoms with van der Waals surface area (Å²) in [5, 5.41) is 4.31. The topological polar surface area (TPSA) is 15.3 Å². The van der Waals surface area contributed by atoms with Crippen LogP contribution in [-0.2, 0) is 13.1 Å². The number of halogens is 1. The average Bonchev–Trinajstić information content (AvgIpc) is 2.72. The number of nitrogens with one attached hydrogen (secondary N) is 1.